The molecule has 0 aliphatic carbocycles. The van der Waals surface area contributed by atoms with Gasteiger partial charge in [0, 0.05) is 12.2 Å². The first kappa shape index (κ1) is 18.8. The molecule has 1 fully saturated rings. The average molecular weight is 402 g/mol. The summed E-state index contributed by atoms with van der Waals surface area (Å²) in [6, 6.07) is 4.40. The molecule has 0 radical (unpaired) electrons. The number of fused-ring (bicyclic) bond motifs is 1. The molecule has 3 heterocycles. The molecule has 0 atom stereocenters. The van der Waals surface area contributed by atoms with Gasteiger partial charge in [0.15, 0.2) is 5.82 Å². The number of hydrogen-bond acceptors (Lipinski definition) is 7. The van der Waals surface area contributed by atoms with Gasteiger partial charge in [0.2, 0.25) is 5.95 Å². The molecule has 1 aliphatic heterocycles. The Morgan fingerprint density at radius 1 is 1.21 bits per heavy atom. The van der Waals surface area contributed by atoms with Crippen molar-refractivity contribution in [1.82, 2.24) is 24.8 Å². The number of aromatic nitrogens is 4. The number of anilines is 3. The number of benzene rings is 1. The Morgan fingerprint density at radius 3 is 2.82 bits per heavy atom. The van der Waals surface area contributed by atoms with Crippen molar-refractivity contribution in [3.05, 3.63) is 41.6 Å². The molecular formula is C19H21ClFN7. The van der Waals surface area contributed by atoms with Crippen LogP contribution in [-0.4, -0.2) is 51.5 Å². The molecule has 0 saturated carbocycles. The number of halogens is 2. The monoisotopic (exact) mass is 401 g/mol. The molecule has 146 valence electrons. The molecule has 9 heteroatoms. The summed E-state index contributed by atoms with van der Waals surface area (Å²) in [6.07, 6.45) is 5.44. The zero-order valence-electron chi connectivity index (χ0n) is 15.5. The fourth-order valence-electron chi connectivity index (χ4n) is 3.24. The second-order valence-electron chi connectivity index (χ2n) is 7.03. The summed E-state index contributed by atoms with van der Waals surface area (Å²) in [7, 11) is 2.15. The lowest BCUT2D eigenvalue weighted by molar-refractivity contribution is 0.226. The summed E-state index contributed by atoms with van der Waals surface area (Å²) in [4.78, 5) is 19.8. The van der Waals surface area contributed by atoms with Gasteiger partial charge >= 0.3 is 0 Å². The predicted molar refractivity (Wildman–Crippen MR) is 109 cm³/mol. The minimum Gasteiger partial charge on any atom is -0.354 e. The van der Waals surface area contributed by atoms with Gasteiger partial charge in [-0.15, -0.1) is 0 Å². The minimum absolute atomic E-state index is 0.0403. The van der Waals surface area contributed by atoms with Crippen LogP contribution in [0.4, 0.5) is 21.8 Å². The van der Waals surface area contributed by atoms with Gasteiger partial charge in [-0.05, 0) is 57.1 Å². The van der Waals surface area contributed by atoms with E-state index in [1.54, 1.807) is 12.3 Å². The summed E-state index contributed by atoms with van der Waals surface area (Å²) in [5, 5.41) is 6.50. The van der Waals surface area contributed by atoms with Crippen LogP contribution >= 0.6 is 11.6 Å². The highest BCUT2D eigenvalue weighted by Crippen LogP contribution is 2.25. The van der Waals surface area contributed by atoms with Gasteiger partial charge in [-0.1, -0.05) is 11.6 Å². The molecule has 1 aromatic carbocycles. The summed E-state index contributed by atoms with van der Waals surface area (Å²) in [6.45, 7) is 3.07. The number of nitrogens with zero attached hydrogens (tertiary/aromatic N) is 5. The predicted octanol–water partition coefficient (Wildman–Crippen LogP) is 3.71. The maximum atomic E-state index is 13.4. The molecule has 28 heavy (non-hydrogen) atoms. The number of likely N-dealkylation sites (tertiary alicyclic amines) is 1. The van der Waals surface area contributed by atoms with E-state index >= 15 is 0 Å². The molecule has 0 spiro atoms. The summed E-state index contributed by atoms with van der Waals surface area (Å²) in [5.41, 5.74) is 1.82. The van der Waals surface area contributed by atoms with E-state index in [0.717, 1.165) is 19.6 Å². The van der Waals surface area contributed by atoms with Gasteiger partial charge in [-0.2, -0.15) is 0 Å². The standard InChI is InChI=1S/C19H21ClFN7/c1-28-6-4-12(5-7-28)9-22-19-23-10-16-17(27-19)18(25-11-24-16)26-13-2-3-15(21)14(20)8-13/h2-3,8,10-12H,4-7,9H2,1H3,(H,22,23,27)(H,24,25,26). The third kappa shape index (κ3) is 4.28. The first-order valence-electron chi connectivity index (χ1n) is 9.21. The normalized spacial score (nSPS) is 15.7. The van der Waals surface area contributed by atoms with Crippen LogP contribution in [0.3, 0.4) is 0 Å². The molecule has 0 amide bonds. The van der Waals surface area contributed by atoms with E-state index in [0.29, 0.717) is 34.4 Å². The van der Waals surface area contributed by atoms with E-state index in [1.165, 1.54) is 31.3 Å². The quantitative estimate of drug-likeness (QED) is 0.674. The lowest BCUT2D eigenvalue weighted by Gasteiger charge is -2.28. The Kier molecular flexibility index (Phi) is 5.50. The van der Waals surface area contributed by atoms with Gasteiger partial charge in [-0.3, -0.25) is 0 Å². The van der Waals surface area contributed by atoms with Crippen molar-refractivity contribution >= 4 is 40.1 Å². The summed E-state index contributed by atoms with van der Waals surface area (Å²) in [5.74, 6) is 1.20. The number of rotatable bonds is 5. The first-order chi connectivity index (χ1) is 13.6. The van der Waals surface area contributed by atoms with Crippen LogP contribution in [-0.2, 0) is 0 Å². The molecule has 2 N–H and O–H groups in total. The molecule has 1 saturated heterocycles. The molecule has 1 aliphatic rings. The number of nitrogens with one attached hydrogen (secondary N) is 2. The second kappa shape index (κ2) is 8.20. The third-order valence-corrected chi connectivity index (χ3v) is 5.24. The molecule has 4 rings (SSSR count). The van der Waals surface area contributed by atoms with E-state index in [4.69, 9.17) is 11.6 Å². The van der Waals surface area contributed by atoms with Crippen molar-refractivity contribution in [2.75, 3.05) is 37.3 Å². The van der Waals surface area contributed by atoms with Gasteiger partial charge in [-0.25, -0.2) is 24.3 Å². The molecule has 0 unspecified atom stereocenters. The highest BCUT2D eigenvalue weighted by molar-refractivity contribution is 6.31. The van der Waals surface area contributed by atoms with Gasteiger partial charge < -0.3 is 15.5 Å². The van der Waals surface area contributed by atoms with Crippen LogP contribution in [0, 0.1) is 11.7 Å². The average Bonchev–Trinajstić information content (AvgIpc) is 2.71. The zero-order chi connectivity index (χ0) is 19.5. The van der Waals surface area contributed by atoms with E-state index in [2.05, 4.69) is 42.5 Å². The van der Waals surface area contributed by atoms with Crippen LogP contribution in [0.15, 0.2) is 30.7 Å². The van der Waals surface area contributed by atoms with Crippen LogP contribution in [0.2, 0.25) is 5.02 Å². The van der Waals surface area contributed by atoms with Gasteiger partial charge in [0.1, 0.15) is 23.2 Å². The fraction of sp³-hybridized carbons (Fsp3) is 0.368. The third-order valence-electron chi connectivity index (χ3n) is 4.95. The van der Waals surface area contributed by atoms with E-state index in [1.807, 2.05) is 0 Å². The molecule has 2 aromatic heterocycles. The highest BCUT2D eigenvalue weighted by atomic mass is 35.5. The molecule has 0 bridgehead atoms. The lowest BCUT2D eigenvalue weighted by Crippen LogP contribution is -2.33. The molecular weight excluding hydrogens is 381 g/mol. The topological polar surface area (TPSA) is 78.9 Å². The van der Waals surface area contributed by atoms with Crippen LogP contribution in [0.5, 0.6) is 0 Å². The smallest absolute Gasteiger partial charge is 0.223 e. The maximum absolute atomic E-state index is 13.4. The van der Waals surface area contributed by atoms with Crippen molar-refractivity contribution < 1.29 is 4.39 Å². The van der Waals surface area contributed by atoms with Gasteiger partial charge in [0.05, 0.1) is 11.2 Å². The number of hydrogen-bond donors (Lipinski definition) is 2. The van der Waals surface area contributed by atoms with E-state index in [-0.39, 0.29) is 5.02 Å². The van der Waals surface area contributed by atoms with E-state index in [9.17, 15) is 4.39 Å². The maximum Gasteiger partial charge on any atom is 0.223 e. The van der Waals surface area contributed by atoms with Gasteiger partial charge in [0.25, 0.3) is 0 Å². The van der Waals surface area contributed by atoms with Crippen LogP contribution in [0.25, 0.3) is 11.0 Å². The van der Waals surface area contributed by atoms with Crippen LogP contribution in [0.1, 0.15) is 12.8 Å². The Labute approximate surface area is 167 Å². The molecule has 3 aromatic rings. The van der Waals surface area contributed by atoms with Crippen LogP contribution < -0.4 is 10.6 Å². The highest BCUT2D eigenvalue weighted by Gasteiger charge is 2.17. The zero-order valence-corrected chi connectivity index (χ0v) is 16.2. The lowest BCUT2D eigenvalue weighted by atomic mass is 9.97. The SMILES string of the molecule is CN1CCC(CNc2ncc3ncnc(Nc4ccc(F)c(Cl)c4)c3n2)CC1. The minimum atomic E-state index is -0.470. The van der Waals surface area contributed by atoms with Crippen molar-refractivity contribution in [2.24, 2.45) is 5.92 Å². The fourth-order valence-corrected chi connectivity index (χ4v) is 3.42. The summed E-state index contributed by atoms with van der Waals surface area (Å²) >= 11 is 5.86. The first-order valence-corrected chi connectivity index (χ1v) is 9.58. The van der Waals surface area contributed by atoms with E-state index < -0.39 is 5.82 Å². The number of piperidine rings is 1. The summed E-state index contributed by atoms with van der Waals surface area (Å²) < 4.78 is 13.4. The Hall–Kier alpha value is -2.58. The Bertz CT molecular complexity index is 976. The Morgan fingerprint density at radius 2 is 2.04 bits per heavy atom. The van der Waals surface area contributed by atoms with Crippen molar-refractivity contribution in [3.8, 4) is 0 Å². The second-order valence-corrected chi connectivity index (χ2v) is 7.44. The molecule has 7 nitrogen and oxygen atoms in total. The van der Waals surface area contributed by atoms with Crippen molar-refractivity contribution in [1.29, 1.82) is 0 Å². The van der Waals surface area contributed by atoms with Crippen molar-refractivity contribution in [2.45, 2.75) is 12.8 Å². The largest absolute Gasteiger partial charge is 0.354 e. The van der Waals surface area contributed by atoms with Crippen molar-refractivity contribution in [3.63, 3.8) is 0 Å². The Balaban J connectivity index is 1.52.